The molecule has 24 heavy (non-hydrogen) atoms. The smallest absolute Gasteiger partial charge is 0.329 e. The Bertz CT molecular complexity index is 684. The zero-order chi connectivity index (χ0) is 17.5. The Balaban J connectivity index is 1.99. The van der Waals surface area contributed by atoms with Gasteiger partial charge in [-0.15, -0.1) is 0 Å². The van der Waals surface area contributed by atoms with Gasteiger partial charge < -0.3 is 10.1 Å². The van der Waals surface area contributed by atoms with E-state index in [1.165, 1.54) is 24.3 Å². The Morgan fingerprint density at radius 1 is 1.04 bits per heavy atom. The molecule has 0 saturated heterocycles. The van der Waals surface area contributed by atoms with Crippen LogP contribution in [0.4, 0.5) is 4.39 Å². The first-order valence-electron chi connectivity index (χ1n) is 7.74. The molecule has 0 aromatic heterocycles. The summed E-state index contributed by atoms with van der Waals surface area (Å²) in [4.78, 5) is 24.5. The predicted octanol–water partition coefficient (Wildman–Crippen LogP) is 3.32. The van der Waals surface area contributed by atoms with Crippen LogP contribution >= 0.6 is 0 Å². The molecule has 1 N–H and O–H groups in total. The minimum absolute atomic E-state index is 0.141. The number of halogens is 1. The number of amides is 1. The average Bonchev–Trinajstić information content (AvgIpc) is 2.58. The third-order valence-electron chi connectivity index (χ3n) is 3.54. The summed E-state index contributed by atoms with van der Waals surface area (Å²) in [5, 5.41) is 2.65. The lowest BCUT2D eigenvalue weighted by atomic mass is 10.0. The molecule has 0 radical (unpaired) electrons. The molecule has 1 amide bonds. The van der Waals surface area contributed by atoms with Crippen molar-refractivity contribution in [3.05, 3.63) is 71.5 Å². The van der Waals surface area contributed by atoms with Crippen LogP contribution < -0.4 is 5.32 Å². The van der Waals surface area contributed by atoms with E-state index in [1.54, 1.807) is 0 Å². The summed E-state index contributed by atoms with van der Waals surface area (Å²) >= 11 is 0. The summed E-state index contributed by atoms with van der Waals surface area (Å²) in [5.74, 6) is -1.50. The van der Waals surface area contributed by atoms with Crippen LogP contribution in [0.1, 0.15) is 29.8 Å². The van der Waals surface area contributed by atoms with E-state index in [-0.39, 0.29) is 18.1 Å². The van der Waals surface area contributed by atoms with Gasteiger partial charge in [0.15, 0.2) is 0 Å². The number of hydrogen-bond donors (Lipinski definition) is 1. The summed E-state index contributed by atoms with van der Waals surface area (Å²) in [7, 11) is 0. The molecule has 1 atom stereocenters. The first-order valence-corrected chi connectivity index (χ1v) is 7.74. The Morgan fingerprint density at radius 2 is 1.67 bits per heavy atom. The van der Waals surface area contributed by atoms with Crippen LogP contribution in [0.5, 0.6) is 0 Å². The second-order valence-electron chi connectivity index (χ2n) is 5.80. The summed E-state index contributed by atoms with van der Waals surface area (Å²) in [6.07, 6.45) is 0. The van der Waals surface area contributed by atoms with Gasteiger partial charge in [-0.1, -0.05) is 44.2 Å². The lowest BCUT2D eigenvalue weighted by molar-refractivity contribution is -0.148. The van der Waals surface area contributed by atoms with Crippen LogP contribution in [-0.4, -0.2) is 17.9 Å². The van der Waals surface area contributed by atoms with Crippen LogP contribution in [-0.2, 0) is 16.1 Å². The molecule has 126 valence electrons. The van der Waals surface area contributed by atoms with Gasteiger partial charge in [0.05, 0.1) is 0 Å². The lowest BCUT2D eigenvalue weighted by Gasteiger charge is -2.21. The second kappa shape index (κ2) is 8.24. The molecule has 4 nitrogen and oxygen atoms in total. The molecule has 2 aromatic carbocycles. The molecule has 0 bridgehead atoms. The van der Waals surface area contributed by atoms with Crippen molar-refractivity contribution in [2.75, 3.05) is 0 Å². The van der Waals surface area contributed by atoms with Crippen LogP contribution in [0.2, 0.25) is 0 Å². The van der Waals surface area contributed by atoms with Crippen LogP contribution in [0.15, 0.2) is 54.6 Å². The summed E-state index contributed by atoms with van der Waals surface area (Å²) in [5.41, 5.74) is 1.16. The van der Waals surface area contributed by atoms with Crippen molar-refractivity contribution in [3.63, 3.8) is 0 Å². The van der Waals surface area contributed by atoms with Crippen molar-refractivity contribution < 1.29 is 18.7 Å². The zero-order valence-electron chi connectivity index (χ0n) is 13.7. The van der Waals surface area contributed by atoms with Gasteiger partial charge >= 0.3 is 5.97 Å². The Labute approximate surface area is 140 Å². The molecule has 5 heteroatoms. The topological polar surface area (TPSA) is 55.4 Å². The van der Waals surface area contributed by atoms with E-state index in [2.05, 4.69) is 5.32 Å². The first kappa shape index (κ1) is 17.7. The number of rotatable bonds is 6. The van der Waals surface area contributed by atoms with Gasteiger partial charge in [-0.3, -0.25) is 4.79 Å². The highest BCUT2D eigenvalue weighted by molar-refractivity contribution is 5.96. The van der Waals surface area contributed by atoms with Crippen LogP contribution in [0, 0.1) is 11.7 Å². The average molecular weight is 329 g/mol. The van der Waals surface area contributed by atoms with E-state index in [0.29, 0.717) is 0 Å². The highest BCUT2D eigenvalue weighted by atomic mass is 19.1. The van der Waals surface area contributed by atoms with Gasteiger partial charge in [-0.2, -0.15) is 0 Å². The molecule has 0 fully saturated rings. The third-order valence-corrected chi connectivity index (χ3v) is 3.54. The number of benzene rings is 2. The number of nitrogens with one attached hydrogen (secondary N) is 1. The van der Waals surface area contributed by atoms with Crippen molar-refractivity contribution >= 4 is 11.9 Å². The zero-order valence-corrected chi connectivity index (χ0v) is 13.7. The Kier molecular flexibility index (Phi) is 6.07. The standard InChI is InChI=1S/C19H20FNO3/c1-13(2)17(19(23)24-12-14-6-4-3-5-7-14)21-18(22)15-8-10-16(20)11-9-15/h3-11,13,17H,12H2,1-2H3,(H,21,22)/t17-/m0/s1. The van der Waals surface area contributed by atoms with Crippen LogP contribution in [0.25, 0.3) is 0 Å². The molecule has 0 saturated carbocycles. The Hall–Kier alpha value is -2.69. The minimum atomic E-state index is -0.772. The number of carbonyl (C=O) groups is 2. The fourth-order valence-corrected chi connectivity index (χ4v) is 2.14. The van der Waals surface area contributed by atoms with Gasteiger partial charge in [-0.05, 0) is 35.7 Å². The number of ether oxygens (including phenoxy) is 1. The molecule has 0 spiro atoms. The van der Waals surface area contributed by atoms with Gasteiger partial charge in [0.1, 0.15) is 18.5 Å². The van der Waals surface area contributed by atoms with Crippen molar-refractivity contribution in [1.82, 2.24) is 5.32 Å². The second-order valence-corrected chi connectivity index (χ2v) is 5.80. The predicted molar refractivity (Wildman–Crippen MR) is 88.7 cm³/mol. The van der Waals surface area contributed by atoms with Crippen molar-refractivity contribution in [1.29, 1.82) is 0 Å². The molecule has 2 aromatic rings. The highest BCUT2D eigenvalue weighted by Crippen LogP contribution is 2.09. The monoisotopic (exact) mass is 329 g/mol. The number of carbonyl (C=O) groups excluding carboxylic acids is 2. The van der Waals surface area contributed by atoms with Gasteiger partial charge in [0, 0.05) is 5.56 Å². The van der Waals surface area contributed by atoms with Crippen LogP contribution in [0.3, 0.4) is 0 Å². The number of esters is 1. The quantitative estimate of drug-likeness (QED) is 0.827. The molecule has 2 rings (SSSR count). The van der Waals surface area contributed by atoms with Crippen molar-refractivity contribution in [2.24, 2.45) is 5.92 Å². The summed E-state index contributed by atoms with van der Waals surface area (Å²) in [6, 6.07) is 13.7. The molecule has 0 aliphatic heterocycles. The van der Waals surface area contributed by atoms with E-state index >= 15 is 0 Å². The molecule has 0 aliphatic carbocycles. The van der Waals surface area contributed by atoms with E-state index in [0.717, 1.165) is 5.56 Å². The molecular weight excluding hydrogens is 309 g/mol. The molecule has 0 aliphatic rings. The number of hydrogen-bond acceptors (Lipinski definition) is 3. The summed E-state index contributed by atoms with van der Waals surface area (Å²) in [6.45, 7) is 3.79. The minimum Gasteiger partial charge on any atom is -0.459 e. The van der Waals surface area contributed by atoms with E-state index in [9.17, 15) is 14.0 Å². The molecule has 0 unspecified atom stereocenters. The fourth-order valence-electron chi connectivity index (χ4n) is 2.14. The molecular formula is C19H20FNO3. The van der Waals surface area contributed by atoms with Gasteiger partial charge in [0.25, 0.3) is 5.91 Å². The fraction of sp³-hybridized carbons (Fsp3) is 0.263. The maximum atomic E-state index is 12.9. The normalized spacial score (nSPS) is 11.8. The van der Waals surface area contributed by atoms with Crippen molar-refractivity contribution in [2.45, 2.75) is 26.5 Å². The Morgan fingerprint density at radius 3 is 2.25 bits per heavy atom. The van der Waals surface area contributed by atoms with Crippen molar-refractivity contribution in [3.8, 4) is 0 Å². The van der Waals surface area contributed by atoms with Gasteiger partial charge in [0.2, 0.25) is 0 Å². The third kappa shape index (κ3) is 4.91. The molecule has 0 heterocycles. The highest BCUT2D eigenvalue weighted by Gasteiger charge is 2.26. The SMILES string of the molecule is CC(C)[C@H](NC(=O)c1ccc(F)cc1)C(=O)OCc1ccccc1. The first-order chi connectivity index (χ1) is 11.5. The van der Waals surface area contributed by atoms with Gasteiger partial charge in [-0.25, -0.2) is 9.18 Å². The largest absolute Gasteiger partial charge is 0.459 e. The maximum Gasteiger partial charge on any atom is 0.329 e. The lowest BCUT2D eigenvalue weighted by Crippen LogP contribution is -2.45. The van der Waals surface area contributed by atoms with E-state index in [4.69, 9.17) is 4.74 Å². The van der Waals surface area contributed by atoms with E-state index < -0.39 is 23.7 Å². The van der Waals surface area contributed by atoms with E-state index in [1.807, 2.05) is 44.2 Å². The maximum absolute atomic E-state index is 12.9. The summed E-state index contributed by atoms with van der Waals surface area (Å²) < 4.78 is 18.2.